The Morgan fingerprint density at radius 3 is 2.60 bits per heavy atom. The van der Waals surface area contributed by atoms with Crippen molar-refractivity contribution in [3.8, 4) is 0 Å². The zero-order valence-corrected chi connectivity index (χ0v) is 8.54. The van der Waals surface area contributed by atoms with E-state index < -0.39 is 11.7 Å². The van der Waals surface area contributed by atoms with Crippen molar-refractivity contribution in [1.29, 1.82) is 0 Å². The SMILES string of the molecule is Cc1c(C(F)(F)F)ccc2sc(N)nc12. The number of nitrogens with two attached hydrogens (primary N) is 1. The van der Waals surface area contributed by atoms with Crippen molar-refractivity contribution in [2.75, 3.05) is 5.73 Å². The summed E-state index contributed by atoms with van der Waals surface area (Å²) < 4.78 is 38.3. The van der Waals surface area contributed by atoms with Crippen LogP contribution in [0, 0.1) is 6.92 Å². The maximum Gasteiger partial charge on any atom is 0.416 e. The Kier molecular flexibility index (Phi) is 2.11. The van der Waals surface area contributed by atoms with Crippen molar-refractivity contribution in [3.63, 3.8) is 0 Å². The van der Waals surface area contributed by atoms with Gasteiger partial charge >= 0.3 is 6.18 Å². The fraction of sp³-hybridized carbons (Fsp3) is 0.222. The predicted octanol–water partition coefficient (Wildman–Crippen LogP) is 3.21. The van der Waals surface area contributed by atoms with E-state index in [9.17, 15) is 13.2 Å². The van der Waals surface area contributed by atoms with E-state index in [1.807, 2.05) is 0 Å². The van der Waals surface area contributed by atoms with Crippen LogP contribution < -0.4 is 5.73 Å². The van der Waals surface area contributed by atoms with E-state index in [0.29, 0.717) is 10.2 Å². The molecule has 15 heavy (non-hydrogen) atoms. The van der Waals surface area contributed by atoms with Gasteiger partial charge in [-0.1, -0.05) is 11.3 Å². The molecule has 0 unspecified atom stereocenters. The van der Waals surface area contributed by atoms with Gasteiger partial charge in [0, 0.05) is 0 Å². The molecule has 0 atom stereocenters. The molecule has 0 spiro atoms. The first kappa shape index (κ1) is 10.2. The quantitative estimate of drug-likeness (QED) is 0.757. The zero-order chi connectivity index (χ0) is 11.2. The second-order valence-corrected chi connectivity index (χ2v) is 4.20. The number of rotatable bonds is 0. The lowest BCUT2D eigenvalue weighted by Crippen LogP contribution is -2.07. The zero-order valence-electron chi connectivity index (χ0n) is 7.72. The summed E-state index contributed by atoms with van der Waals surface area (Å²) in [4.78, 5) is 3.88. The van der Waals surface area contributed by atoms with E-state index in [1.54, 1.807) is 0 Å². The standard InChI is InChI=1S/C9H7F3N2S/c1-4-5(9(10,11)12)2-3-6-7(4)14-8(13)15-6/h2-3H,1H3,(H2,13,14). The summed E-state index contributed by atoms with van der Waals surface area (Å²) in [6.07, 6.45) is -4.34. The van der Waals surface area contributed by atoms with E-state index in [0.717, 1.165) is 6.07 Å². The van der Waals surface area contributed by atoms with E-state index in [2.05, 4.69) is 4.98 Å². The number of fused-ring (bicyclic) bond motifs is 1. The number of alkyl halides is 3. The number of aryl methyl sites for hydroxylation is 1. The van der Waals surface area contributed by atoms with E-state index in [-0.39, 0.29) is 10.7 Å². The number of nitrogen functional groups attached to an aromatic ring is 1. The summed E-state index contributed by atoms with van der Waals surface area (Å²) in [5.41, 5.74) is 5.26. The number of hydrogen-bond acceptors (Lipinski definition) is 3. The van der Waals surface area contributed by atoms with Crippen LogP contribution in [-0.2, 0) is 6.18 Å². The van der Waals surface area contributed by atoms with Crippen LogP contribution in [0.4, 0.5) is 18.3 Å². The Balaban J connectivity index is 2.75. The first-order valence-corrected chi connectivity index (χ1v) is 4.94. The number of thiazole rings is 1. The lowest BCUT2D eigenvalue weighted by Gasteiger charge is -2.09. The highest BCUT2D eigenvalue weighted by atomic mass is 32.1. The van der Waals surface area contributed by atoms with Gasteiger partial charge in [0.15, 0.2) is 5.13 Å². The van der Waals surface area contributed by atoms with Crippen LogP contribution in [0.5, 0.6) is 0 Å². The van der Waals surface area contributed by atoms with E-state index in [1.165, 1.54) is 24.3 Å². The Morgan fingerprint density at radius 2 is 2.00 bits per heavy atom. The molecule has 0 radical (unpaired) electrons. The fourth-order valence-electron chi connectivity index (χ4n) is 1.45. The highest BCUT2D eigenvalue weighted by molar-refractivity contribution is 7.22. The minimum atomic E-state index is -4.34. The molecule has 1 aromatic heterocycles. The summed E-state index contributed by atoms with van der Waals surface area (Å²) >= 11 is 1.18. The minimum Gasteiger partial charge on any atom is -0.375 e. The van der Waals surface area contributed by atoms with Crippen molar-refractivity contribution >= 4 is 26.7 Å². The van der Waals surface area contributed by atoms with Crippen molar-refractivity contribution in [3.05, 3.63) is 23.3 Å². The van der Waals surface area contributed by atoms with E-state index in [4.69, 9.17) is 5.73 Å². The van der Waals surface area contributed by atoms with Crippen LogP contribution in [0.2, 0.25) is 0 Å². The Bertz CT molecular complexity index is 516. The number of halogens is 3. The molecule has 0 amide bonds. The van der Waals surface area contributed by atoms with Crippen LogP contribution in [0.15, 0.2) is 12.1 Å². The van der Waals surface area contributed by atoms with Crippen molar-refractivity contribution in [1.82, 2.24) is 4.98 Å². The van der Waals surface area contributed by atoms with Gasteiger partial charge in [-0.2, -0.15) is 13.2 Å². The smallest absolute Gasteiger partial charge is 0.375 e. The molecule has 0 aliphatic carbocycles. The predicted molar refractivity (Wildman–Crippen MR) is 53.8 cm³/mol. The van der Waals surface area contributed by atoms with Gasteiger partial charge in [0.25, 0.3) is 0 Å². The molecule has 6 heteroatoms. The van der Waals surface area contributed by atoms with Gasteiger partial charge in [-0.3, -0.25) is 0 Å². The lowest BCUT2D eigenvalue weighted by molar-refractivity contribution is -0.137. The van der Waals surface area contributed by atoms with Crippen LogP contribution >= 0.6 is 11.3 Å². The van der Waals surface area contributed by atoms with Crippen molar-refractivity contribution in [2.24, 2.45) is 0 Å². The largest absolute Gasteiger partial charge is 0.416 e. The summed E-state index contributed by atoms with van der Waals surface area (Å²) in [5, 5.41) is 0.285. The molecule has 1 heterocycles. The van der Waals surface area contributed by atoms with Crippen LogP contribution in [0.1, 0.15) is 11.1 Å². The summed E-state index contributed by atoms with van der Waals surface area (Å²) in [5.74, 6) is 0. The maximum atomic E-state index is 12.5. The van der Waals surface area contributed by atoms with Gasteiger partial charge in [-0.25, -0.2) is 4.98 Å². The van der Waals surface area contributed by atoms with Crippen molar-refractivity contribution in [2.45, 2.75) is 13.1 Å². The van der Waals surface area contributed by atoms with Crippen LogP contribution in [0.25, 0.3) is 10.2 Å². The Hall–Kier alpha value is -1.30. The van der Waals surface area contributed by atoms with Gasteiger partial charge in [0.05, 0.1) is 15.8 Å². The van der Waals surface area contributed by atoms with Crippen LogP contribution in [0.3, 0.4) is 0 Å². The molecule has 2 aromatic rings. The molecular weight excluding hydrogens is 225 g/mol. The van der Waals surface area contributed by atoms with Gasteiger partial charge in [-0.15, -0.1) is 0 Å². The monoisotopic (exact) mass is 232 g/mol. The molecule has 0 fully saturated rings. The van der Waals surface area contributed by atoms with Crippen LogP contribution in [-0.4, -0.2) is 4.98 Å². The molecule has 0 saturated carbocycles. The number of benzene rings is 1. The second-order valence-electron chi connectivity index (χ2n) is 3.13. The normalized spacial score (nSPS) is 12.3. The molecule has 2 rings (SSSR count). The number of hydrogen-bond donors (Lipinski definition) is 1. The van der Waals surface area contributed by atoms with Gasteiger partial charge < -0.3 is 5.73 Å². The fourth-order valence-corrected chi connectivity index (χ4v) is 2.24. The maximum absolute atomic E-state index is 12.5. The summed E-state index contributed by atoms with van der Waals surface area (Å²) in [6.45, 7) is 1.41. The number of nitrogens with zero attached hydrogens (tertiary/aromatic N) is 1. The van der Waals surface area contributed by atoms with Crippen molar-refractivity contribution < 1.29 is 13.2 Å². The first-order valence-electron chi connectivity index (χ1n) is 4.12. The molecule has 0 aliphatic heterocycles. The number of aromatic nitrogens is 1. The molecule has 0 bridgehead atoms. The highest BCUT2D eigenvalue weighted by Gasteiger charge is 2.33. The Morgan fingerprint density at radius 1 is 1.33 bits per heavy atom. The first-order chi connectivity index (χ1) is 6.89. The molecule has 0 aliphatic rings. The average Bonchev–Trinajstić information content (AvgIpc) is 2.44. The third kappa shape index (κ3) is 1.65. The molecule has 2 nitrogen and oxygen atoms in total. The second kappa shape index (κ2) is 3.10. The number of anilines is 1. The molecule has 2 N–H and O–H groups in total. The minimum absolute atomic E-state index is 0.132. The topological polar surface area (TPSA) is 38.9 Å². The average molecular weight is 232 g/mol. The molecule has 80 valence electrons. The molecular formula is C9H7F3N2S. The van der Waals surface area contributed by atoms with Gasteiger partial charge in [0.2, 0.25) is 0 Å². The van der Waals surface area contributed by atoms with Gasteiger partial charge in [-0.05, 0) is 24.6 Å². The third-order valence-corrected chi connectivity index (χ3v) is 2.99. The molecule has 1 aromatic carbocycles. The third-order valence-electron chi connectivity index (χ3n) is 2.14. The lowest BCUT2D eigenvalue weighted by atomic mass is 10.1. The highest BCUT2D eigenvalue weighted by Crippen LogP contribution is 2.36. The van der Waals surface area contributed by atoms with E-state index >= 15 is 0 Å². The van der Waals surface area contributed by atoms with Gasteiger partial charge in [0.1, 0.15) is 0 Å². The molecule has 0 saturated heterocycles. The summed E-state index contributed by atoms with van der Waals surface area (Å²) in [7, 11) is 0. The Labute approximate surface area is 87.5 Å². The summed E-state index contributed by atoms with van der Waals surface area (Å²) in [6, 6.07) is 2.47.